The molecule has 3 aliphatic rings. The number of aliphatic hydroxyl groups excluding tert-OH is 1. The van der Waals surface area contributed by atoms with E-state index >= 15 is 0 Å². The van der Waals surface area contributed by atoms with Crippen molar-refractivity contribution in [2.24, 2.45) is 5.41 Å². The van der Waals surface area contributed by atoms with Crippen LogP contribution in [0.2, 0.25) is 0 Å². The molecule has 62 valence electrons. The zero-order valence-electron chi connectivity index (χ0n) is 6.68. The molecule has 2 nitrogen and oxygen atoms in total. The third-order valence-electron chi connectivity index (χ3n) is 3.46. The molecule has 2 aliphatic carbocycles. The lowest BCUT2D eigenvalue weighted by molar-refractivity contribution is -0.193. The maximum Gasteiger partial charge on any atom is 0.155 e. The van der Waals surface area contributed by atoms with E-state index < -0.39 is 6.29 Å². The molecule has 0 radical (unpaired) electrons. The highest BCUT2D eigenvalue weighted by molar-refractivity contribution is 5.09. The van der Waals surface area contributed by atoms with E-state index in [2.05, 4.69) is 0 Å². The van der Waals surface area contributed by atoms with Crippen molar-refractivity contribution in [2.75, 3.05) is 0 Å². The molecule has 3 fully saturated rings. The quantitative estimate of drug-likeness (QED) is 0.572. The zero-order chi connectivity index (χ0) is 7.53. The average molecular weight is 154 g/mol. The summed E-state index contributed by atoms with van der Waals surface area (Å²) in [7, 11) is 0. The smallest absolute Gasteiger partial charge is 0.155 e. The van der Waals surface area contributed by atoms with Crippen LogP contribution in [0.25, 0.3) is 0 Å². The molecule has 1 N–H and O–H groups in total. The lowest BCUT2D eigenvalue weighted by atomic mass is 9.90. The highest BCUT2D eigenvalue weighted by atomic mass is 16.6. The van der Waals surface area contributed by atoms with Crippen molar-refractivity contribution in [3.8, 4) is 0 Å². The molecule has 3 rings (SSSR count). The molecule has 0 bridgehead atoms. The summed E-state index contributed by atoms with van der Waals surface area (Å²) in [6.45, 7) is 0. The Labute approximate surface area is 66.5 Å². The van der Waals surface area contributed by atoms with Gasteiger partial charge in [0.15, 0.2) is 6.29 Å². The van der Waals surface area contributed by atoms with E-state index in [9.17, 15) is 5.11 Å². The minimum absolute atomic E-state index is 0.147. The van der Waals surface area contributed by atoms with Gasteiger partial charge in [0.2, 0.25) is 0 Å². The van der Waals surface area contributed by atoms with Crippen LogP contribution >= 0.6 is 0 Å². The van der Waals surface area contributed by atoms with Crippen LogP contribution in [-0.4, -0.2) is 17.0 Å². The first kappa shape index (κ1) is 6.44. The molecule has 11 heavy (non-hydrogen) atoms. The topological polar surface area (TPSA) is 29.5 Å². The molecule has 1 aliphatic heterocycles. The fourth-order valence-corrected chi connectivity index (χ4v) is 2.49. The molecular formula is C9H14O2. The second-order valence-corrected chi connectivity index (χ2v) is 4.64. The molecule has 2 spiro atoms. The van der Waals surface area contributed by atoms with Gasteiger partial charge in [-0.1, -0.05) is 0 Å². The van der Waals surface area contributed by atoms with Crippen molar-refractivity contribution >= 4 is 0 Å². The summed E-state index contributed by atoms with van der Waals surface area (Å²) in [4.78, 5) is 0. The molecule has 2 heteroatoms. The molecule has 0 aromatic rings. The van der Waals surface area contributed by atoms with Crippen LogP contribution in [0.3, 0.4) is 0 Å². The van der Waals surface area contributed by atoms with E-state index in [0.29, 0.717) is 5.41 Å². The van der Waals surface area contributed by atoms with Gasteiger partial charge in [-0.05, 0) is 37.5 Å². The van der Waals surface area contributed by atoms with Crippen molar-refractivity contribution in [2.45, 2.75) is 50.4 Å². The average Bonchev–Trinajstić information content (AvgIpc) is 2.76. The predicted molar refractivity (Wildman–Crippen MR) is 40.0 cm³/mol. The molecule has 0 aromatic carbocycles. The predicted octanol–water partition coefficient (Wildman–Crippen LogP) is 1.43. The first-order valence-electron chi connectivity index (χ1n) is 4.58. The Hall–Kier alpha value is -0.0800. The second-order valence-electron chi connectivity index (χ2n) is 4.64. The van der Waals surface area contributed by atoms with Crippen LogP contribution in [0.4, 0.5) is 0 Å². The fraction of sp³-hybridized carbons (Fsp3) is 1.00. The van der Waals surface area contributed by atoms with E-state index in [0.717, 1.165) is 6.42 Å². The Morgan fingerprint density at radius 1 is 1.18 bits per heavy atom. The summed E-state index contributed by atoms with van der Waals surface area (Å²) >= 11 is 0. The highest BCUT2D eigenvalue weighted by Gasteiger charge is 2.59. The Bertz CT molecular complexity index is 172. The molecule has 0 unspecified atom stereocenters. The summed E-state index contributed by atoms with van der Waals surface area (Å²) in [6, 6.07) is 0. The van der Waals surface area contributed by atoms with Crippen LogP contribution in [0, 0.1) is 5.41 Å². The minimum Gasteiger partial charge on any atom is -0.368 e. The van der Waals surface area contributed by atoms with Crippen molar-refractivity contribution in [1.29, 1.82) is 0 Å². The van der Waals surface area contributed by atoms with Gasteiger partial charge in [0.1, 0.15) is 0 Å². The van der Waals surface area contributed by atoms with Gasteiger partial charge in [-0.15, -0.1) is 0 Å². The summed E-state index contributed by atoms with van der Waals surface area (Å²) in [6.07, 6.45) is 6.71. The van der Waals surface area contributed by atoms with E-state index in [1.54, 1.807) is 0 Å². The number of hydrogen-bond donors (Lipinski definition) is 1. The molecular weight excluding hydrogens is 140 g/mol. The number of aliphatic hydroxyl groups is 1. The lowest BCUT2D eigenvalue weighted by Gasteiger charge is -2.33. The van der Waals surface area contributed by atoms with E-state index in [4.69, 9.17) is 4.74 Å². The van der Waals surface area contributed by atoms with Crippen molar-refractivity contribution in [3.63, 3.8) is 0 Å². The number of rotatable bonds is 0. The molecule has 1 atom stereocenters. The monoisotopic (exact) mass is 154 g/mol. The standard InChI is InChI=1S/C9H14O2/c10-7-5-8(1-2-8)6-9(11-7)3-4-9/h7,10H,1-6H2/t7-/m1/s1. The van der Waals surface area contributed by atoms with Crippen molar-refractivity contribution < 1.29 is 9.84 Å². The summed E-state index contributed by atoms with van der Waals surface area (Å²) in [5, 5.41) is 9.44. The van der Waals surface area contributed by atoms with E-state index in [-0.39, 0.29) is 5.60 Å². The number of ether oxygens (including phenoxy) is 1. The molecule has 1 saturated heterocycles. The third-order valence-corrected chi connectivity index (χ3v) is 3.46. The first-order chi connectivity index (χ1) is 5.22. The van der Waals surface area contributed by atoms with Crippen LogP contribution in [0.15, 0.2) is 0 Å². The van der Waals surface area contributed by atoms with Gasteiger partial charge in [-0.2, -0.15) is 0 Å². The van der Waals surface area contributed by atoms with Gasteiger partial charge >= 0.3 is 0 Å². The van der Waals surface area contributed by atoms with Crippen molar-refractivity contribution in [3.05, 3.63) is 0 Å². The number of hydrogen-bond acceptors (Lipinski definition) is 2. The van der Waals surface area contributed by atoms with Gasteiger partial charge < -0.3 is 9.84 Å². The van der Waals surface area contributed by atoms with Crippen LogP contribution in [0.5, 0.6) is 0 Å². The molecule has 1 heterocycles. The minimum atomic E-state index is -0.450. The summed E-state index contributed by atoms with van der Waals surface area (Å²) in [5.74, 6) is 0. The Morgan fingerprint density at radius 2 is 1.91 bits per heavy atom. The van der Waals surface area contributed by atoms with Gasteiger partial charge in [-0.3, -0.25) is 0 Å². The summed E-state index contributed by atoms with van der Waals surface area (Å²) in [5.41, 5.74) is 0.669. The van der Waals surface area contributed by atoms with Gasteiger partial charge in [0, 0.05) is 6.42 Å². The Balaban J connectivity index is 1.82. The van der Waals surface area contributed by atoms with Crippen LogP contribution in [-0.2, 0) is 4.74 Å². The Morgan fingerprint density at radius 3 is 2.45 bits per heavy atom. The zero-order valence-corrected chi connectivity index (χ0v) is 6.68. The maximum atomic E-state index is 9.44. The maximum absolute atomic E-state index is 9.44. The lowest BCUT2D eigenvalue weighted by Crippen LogP contribution is -2.35. The van der Waals surface area contributed by atoms with Crippen molar-refractivity contribution in [1.82, 2.24) is 0 Å². The SMILES string of the molecule is O[C@H]1CC2(CC2)CC2(CC2)O1. The highest BCUT2D eigenvalue weighted by Crippen LogP contribution is 2.63. The van der Waals surface area contributed by atoms with E-state index in [1.165, 1.54) is 32.1 Å². The normalized spacial score (nSPS) is 42.8. The van der Waals surface area contributed by atoms with Gasteiger partial charge in [-0.25, -0.2) is 0 Å². The Kier molecular flexibility index (Phi) is 0.961. The largest absolute Gasteiger partial charge is 0.368 e. The third kappa shape index (κ3) is 0.926. The second kappa shape index (κ2) is 1.64. The van der Waals surface area contributed by atoms with E-state index in [1.807, 2.05) is 0 Å². The molecule has 0 aromatic heterocycles. The van der Waals surface area contributed by atoms with Gasteiger partial charge in [0.05, 0.1) is 5.60 Å². The summed E-state index contributed by atoms with van der Waals surface area (Å²) < 4.78 is 5.52. The molecule has 0 amide bonds. The van der Waals surface area contributed by atoms with Gasteiger partial charge in [0.25, 0.3) is 0 Å². The van der Waals surface area contributed by atoms with Crippen LogP contribution in [0.1, 0.15) is 38.5 Å². The fourth-order valence-electron chi connectivity index (χ4n) is 2.49. The first-order valence-corrected chi connectivity index (χ1v) is 4.58. The van der Waals surface area contributed by atoms with Crippen LogP contribution < -0.4 is 0 Å². The molecule has 2 saturated carbocycles.